The first-order valence-electron chi connectivity index (χ1n) is 8.23. The van der Waals surface area contributed by atoms with Crippen LogP contribution in [-0.4, -0.2) is 44.7 Å². The van der Waals surface area contributed by atoms with E-state index in [1.165, 1.54) is 16.4 Å². The number of anilines is 1. The molecule has 1 saturated heterocycles. The van der Waals surface area contributed by atoms with Gasteiger partial charge >= 0.3 is 5.97 Å². The van der Waals surface area contributed by atoms with Crippen LogP contribution in [0.15, 0.2) is 24.3 Å². The zero-order chi connectivity index (χ0) is 18.7. The summed E-state index contributed by atoms with van der Waals surface area (Å²) in [6.07, 6.45) is 1.31. The number of sulfonamides is 1. The van der Waals surface area contributed by atoms with Crippen LogP contribution in [0, 0.1) is 0 Å². The molecule has 1 fully saturated rings. The van der Waals surface area contributed by atoms with Crippen LogP contribution in [0.4, 0.5) is 5.69 Å². The second-order valence-corrected chi connectivity index (χ2v) is 8.67. The van der Waals surface area contributed by atoms with Gasteiger partial charge in [-0.25, -0.2) is 13.2 Å². The Morgan fingerprint density at radius 3 is 2.64 bits per heavy atom. The first-order chi connectivity index (χ1) is 11.6. The summed E-state index contributed by atoms with van der Waals surface area (Å²) < 4.78 is 30.3. The number of benzene rings is 1. The van der Waals surface area contributed by atoms with Gasteiger partial charge in [-0.1, -0.05) is 13.0 Å². The third-order valence-electron chi connectivity index (χ3n) is 4.17. The summed E-state index contributed by atoms with van der Waals surface area (Å²) in [7, 11) is -3.31. The highest BCUT2D eigenvalue weighted by atomic mass is 32.2. The summed E-state index contributed by atoms with van der Waals surface area (Å²) in [5.41, 5.74) is 0.277. The van der Waals surface area contributed by atoms with Gasteiger partial charge in [-0.05, 0) is 44.9 Å². The molecule has 7 nitrogen and oxygen atoms in total. The molecule has 138 valence electrons. The predicted molar refractivity (Wildman–Crippen MR) is 95.0 cm³/mol. The van der Waals surface area contributed by atoms with Crippen molar-refractivity contribution in [2.45, 2.75) is 39.2 Å². The van der Waals surface area contributed by atoms with Crippen molar-refractivity contribution in [2.75, 3.05) is 23.2 Å². The van der Waals surface area contributed by atoms with Gasteiger partial charge in [0.25, 0.3) is 5.91 Å². The highest BCUT2D eigenvalue weighted by molar-refractivity contribution is 7.93. The smallest absolute Gasteiger partial charge is 0.338 e. The number of hydrogen-bond acceptors (Lipinski definition) is 5. The number of rotatable bonds is 6. The Bertz CT molecular complexity index is 758. The van der Waals surface area contributed by atoms with E-state index in [0.29, 0.717) is 18.7 Å². The van der Waals surface area contributed by atoms with E-state index < -0.39 is 16.0 Å². The standard InChI is InChI=1S/C17H24N2O5S/c1-4-17(2,3)18-15(20)12-24-16(21)13-7-5-8-14(11-13)19-9-6-10-25(19,22)23/h5,7-8,11H,4,6,9-10,12H2,1-3H3,(H,18,20). The largest absolute Gasteiger partial charge is 0.452 e. The second-order valence-electron chi connectivity index (χ2n) is 6.65. The van der Waals surface area contributed by atoms with Gasteiger partial charge < -0.3 is 10.1 Å². The molecule has 1 heterocycles. The first-order valence-corrected chi connectivity index (χ1v) is 9.84. The van der Waals surface area contributed by atoms with E-state index in [9.17, 15) is 18.0 Å². The van der Waals surface area contributed by atoms with Crippen molar-refractivity contribution in [1.29, 1.82) is 0 Å². The average Bonchev–Trinajstić information content (AvgIpc) is 2.91. The fraction of sp³-hybridized carbons (Fsp3) is 0.529. The molecule has 1 aromatic carbocycles. The summed E-state index contributed by atoms with van der Waals surface area (Å²) in [6.45, 7) is 5.73. The van der Waals surface area contributed by atoms with Crippen molar-refractivity contribution in [3.8, 4) is 0 Å². The summed E-state index contributed by atoms with van der Waals surface area (Å²) in [4.78, 5) is 24.0. The van der Waals surface area contributed by atoms with Crippen molar-refractivity contribution < 1.29 is 22.7 Å². The van der Waals surface area contributed by atoms with E-state index in [1.807, 2.05) is 20.8 Å². The van der Waals surface area contributed by atoms with Crippen molar-refractivity contribution in [2.24, 2.45) is 0 Å². The van der Waals surface area contributed by atoms with Crippen molar-refractivity contribution in [3.63, 3.8) is 0 Å². The van der Waals surface area contributed by atoms with E-state index in [0.717, 1.165) is 6.42 Å². The number of esters is 1. The quantitative estimate of drug-likeness (QED) is 0.771. The Hall–Kier alpha value is -2.09. The SMILES string of the molecule is CCC(C)(C)NC(=O)COC(=O)c1cccc(N2CCCS2(=O)=O)c1. The molecule has 0 aromatic heterocycles. The van der Waals surface area contributed by atoms with Crippen LogP contribution in [0.2, 0.25) is 0 Å². The Morgan fingerprint density at radius 1 is 1.32 bits per heavy atom. The van der Waals surface area contributed by atoms with Gasteiger partial charge in [0, 0.05) is 12.1 Å². The number of hydrogen-bond donors (Lipinski definition) is 1. The van der Waals surface area contributed by atoms with Crippen LogP contribution in [0.25, 0.3) is 0 Å². The minimum Gasteiger partial charge on any atom is -0.452 e. The number of nitrogens with one attached hydrogen (secondary N) is 1. The molecule has 1 aliphatic heterocycles. The molecular weight excluding hydrogens is 344 g/mol. The summed E-state index contributed by atoms with van der Waals surface area (Å²) in [6, 6.07) is 6.23. The summed E-state index contributed by atoms with van der Waals surface area (Å²) in [5, 5.41) is 2.78. The summed E-state index contributed by atoms with van der Waals surface area (Å²) >= 11 is 0. The molecule has 0 unspecified atom stereocenters. The van der Waals surface area contributed by atoms with Gasteiger partial charge in [0.15, 0.2) is 6.61 Å². The number of ether oxygens (including phenoxy) is 1. The third-order valence-corrected chi connectivity index (χ3v) is 6.03. The molecule has 2 rings (SSSR count). The maximum Gasteiger partial charge on any atom is 0.338 e. The second kappa shape index (κ2) is 7.43. The first kappa shape index (κ1) is 19.2. The zero-order valence-electron chi connectivity index (χ0n) is 14.7. The Morgan fingerprint density at radius 2 is 2.04 bits per heavy atom. The molecule has 0 bridgehead atoms. The molecule has 1 amide bonds. The topological polar surface area (TPSA) is 92.8 Å². The molecule has 8 heteroatoms. The van der Waals surface area contributed by atoms with Crippen molar-refractivity contribution in [1.82, 2.24) is 5.32 Å². The molecule has 1 N–H and O–H groups in total. The average molecular weight is 368 g/mol. The van der Waals surface area contributed by atoms with Crippen LogP contribution in [0.1, 0.15) is 44.0 Å². The molecule has 25 heavy (non-hydrogen) atoms. The molecule has 1 aliphatic rings. The fourth-order valence-electron chi connectivity index (χ4n) is 2.43. The van der Waals surface area contributed by atoms with Crippen LogP contribution >= 0.6 is 0 Å². The number of carbonyl (C=O) groups excluding carboxylic acids is 2. The Kier molecular flexibility index (Phi) is 5.72. The van der Waals surface area contributed by atoms with Crippen molar-refractivity contribution >= 4 is 27.6 Å². The lowest BCUT2D eigenvalue weighted by molar-refractivity contribution is -0.125. The highest BCUT2D eigenvalue weighted by Crippen LogP contribution is 2.25. The van der Waals surface area contributed by atoms with Gasteiger partial charge in [-0.15, -0.1) is 0 Å². The molecule has 0 atom stereocenters. The number of nitrogens with zero attached hydrogens (tertiary/aromatic N) is 1. The molecule has 0 aliphatic carbocycles. The predicted octanol–water partition coefficient (Wildman–Crippen LogP) is 1.69. The van der Waals surface area contributed by atoms with E-state index in [1.54, 1.807) is 12.1 Å². The van der Waals surface area contributed by atoms with Crippen LogP contribution in [0.5, 0.6) is 0 Å². The normalized spacial score (nSPS) is 16.5. The van der Waals surface area contributed by atoms with Gasteiger partial charge in [0.2, 0.25) is 10.0 Å². The Balaban J connectivity index is 2.01. The molecule has 0 saturated carbocycles. The van der Waals surface area contributed by atoms with Crippen molar-refractivity contribution in [3.05, 3.63) is 29.8 Å². The molecule has 0 spiro atoms. The van der Waals surface area contributed by atoms with E-state index >= 15 is 0 Å². The zero-order valence-corrected chi connectivity index (χ0v) is 15.6. The van der Waals surface area contributed by atoms with Crippen LogP contribution < -0.4 is 9.62 Å². The molecule has 0 radical (unpaired) electrons. The minimum absolute atomic E-state index is 0.106. The monoisotopic (exact) mass is 368 g/mol. The highest BCUT2D eigenvalue weighted by Gasteiger charge is 2.29. The van der Waals surface area contributed by atoms with Gasteiger partial charge in [0.1, 0.15) is 0 Å². The lowest BCUT2D eigenvalue weighted by Crippen LogP contribution is -2.44. The maximum absolute atomic E-state index is 12.1. The lowest BCUT2D eigenvalue weighted by Gasteiger charge is -2.24. The number of amides is 1. The van der Waals surface area contributed by atoms with E-state index in [2.05, 4.69) is 5.32 Å². The lowest BCUT2D eigenvalue weighted by atomic mass is 10.0. The third kappa shape index (κ3) is 4.94. The summed E-state index contributed by atoms with van der Waals surface area (Å²) in [5.74, 6) is -0.934. The number of carbonyl (C=O) groups is 2. The van der Waals surface area contributed by atoms with Gasteiger partial charge in [0.05, 0.1) is 17.0 Å². The Labute approximate surface area is 148 Å². The van der Waals surface area contributed by atoms with E-state index in [4.69, 9.17) is 4.74 Å². The minimum atomic E-state index is -3.31. The van der Waals surface area contributed by atoms with Gasteiger partial charge in [-0.3, -0.25) is 9.10 Å². The van der Waals surface area contributed by atoms with Crippen LogP contribution in [0.3, 0.4) is 0 Å². The van der Waals surface area contributed by atoms with E-state index in [-0.39, 0.29) is 29.4 Å². The molecular formula is C17H24N2O5S. The maximum atomic E-state index is 12.1. The van der Waals surface area contributed by atoms with Gasteiger partial charge in [-0.2, -0.15) is 0 Å². The fourth-order valence-corrected chi connectivity index (χ4v) is 3.99. The molecule has 1 aromatic rings. The van der Waals surface area contributed by atoms with Crippen LogP contribution in [-0.2, 0) is 19.6 Å².